The molecule has 0 amide bonds. The number of carboxylic acid groups (broad SMARTS) is 1. The van der Waals surface area contributed by atoms with E-state index in [4.69, 9.17) is 4.74 Å². The van der Waals surface area contributed by atoms with Crippen molar-refractivity contribution in [1.82, 2.24) is 19.2 Å². The van der Waals surface area contributed by atoms with Crippen LogP contribution in [0.3, 0.4) is 0 Å². The van der Waals surface area contributed by atoms with Crippen LogP contribution in [-0.2, 0) is 26.7 Å². The highest BCUT2D eigenvalue weighted by Crippen LogP contribution is 2.26. The largest absolute Gasteiger partial charge is 0.493 e. The first-order valence-electron chi connectivity index (χ1n) is 12.5. The smallest absolute Gasteiger partial charge is 0.350 e. The van der Waals surface area contributed by atoms with E-state index in [0.29, 0.717) is 31.9 Å². The third-order valence-electron chi connectivity index (χ3n) is 6.20. The van der Waals surface area contributed by atoms with Crippen molar-refractivity contribution in [3.05, 3.63) is 112 Å². The molecule has 38 heavy (non-hydrogen) atoms. The van der Waals surface area contributed by atoms with Gasteiger partial charge in [0.05, 0.1) is 13.2 Å². The number of carbonyl (C=O) groups is 1. The maximum absolute atomic E-state index is 15.1. The SMILES string of the molecule is CCCCOc1cc(-n2nc(CN(Cc3ccccc3)Cc3ccccc3)n(C)c2=O)c(F)cc1C(=O)O. The van der Waals surface area contributed by atoms with Crippen LogP contribution in [0.5, 0.6) is 5.75 Å². The second-order valence-electron chi connectivity index (χ2n) is 9.09. The molecule has 0 saturated heterocycles. The third-order valence-corrected chi connectivity index (χ3v) is 6.20. The Labute approximate surface area is 220 Å². The highest BCUT2D eigenvalue weighted by atomic mass is 19.1. The van der Waals surface area contributed by atoms with Crippen LogP contribution in [0, 0.1) is 5.82 Å². The molecular weight excluding hydrogens is 487 g/mol. The minimum Gasteiger partial charge on any atom is -0.493 e. The van der Waals surface area contributed by atoms with Crippen LogP contribution < -0.4 is 10.4 Å². The molecular formula is C29H31FN4O4. The Bertz CT molecular complexity index is 1390. The lowest BCUT2D eigenvalue weighted by Crippen LogP contribution is -2.26. The Morgan fingerprint density at radius 2 is 1.61 bits per heavy atom. The number of unbranched alkanes of at least 4 members (excludes halogenated alkanes) is 1. The van der Waals surface area contributed by atoms with Crippen molar-refractivity contribution in [2.24, 2.45) is 7.05 Å². The van der Waals surface area contributed by atoms with E-state index in [9.17, 15) is 14.7 Å². The van der Waals surface area contributed by atoms with Gasteiger partial charge in [-0.2, -0.15) is 4.68 Å². The van der Waals surface area contributed by atoms with E-state index in [1.165, 1.54) is 10.6 Å². The number of rotatable bonds is 12. The molecule has 8 nitrogen and oxygen atoms in total. The van der Waals surface area contributed by atoms with Crippen molar-refractivity contribution in [2.75, 3.05) is 6.61 Å². The van der Waals surface area contributed by atoms with Gasteiger partial charge in [0.25, 0.3) is 0 Å². The molecule has 1 heterocycles. The van der Waals surface area contributed by atoms with Crippen molar-refractivity contribution >= 4 is 5.97 Å². The van der Waals surface area contributed by atoms with Crippen molar-refractivity contribution < 1.29 is 19.0 Å². The Hall–Kier alpha value is -4.24. The molecule has 0 aliphatic rings. The van der Waals surface area contributed by atoms with Crippen LogP contribution in [0.4, 0.5) is 4.39 Å². The molecule has 0 fully saturated rings. The van der Waals surface area contributed by atoms with Crippen molar-refractivity contribution in [2.45, 2.75) is 39.4 Å². The summed E-state index contributed by atoms with van der Waals surface area (Å²) in [5.41, 5.74) is 1.21. The molecule has 1 N–H and O–H groups in total. The molecule has 1 aromatic heterocycles. The van der Waals surface area contributed by atoms with Crippen molar-refractivity contribution in [3.63, 3.8) is 0 Å². The number of halogens is 1. The number of nitrogens with zero attached hydrogens (tertiary/aromatic N) is 4. The van der Waals surface area contributed by atoms with Gasteiger partial charge in [-0.3, -0.25) is 9.47 Å². The van der Waals surface area contributed by atoms with Gasteiger partial charge in [0.15, 0.2) is 0 Å². The molecule has 0 saturated carbocycles. The lowest BCUT2D eigenvalue weighted by Gasteiger charge is -2.22. The van der Waals surface area contributed by atoms with Crippen LogP contribution in [0.1, 0.15) is 47.1 Å². The van der Waals surface area contributed by atoms with Crippen LogP contribution in [0.15, 0.2) is 77.6 Å². The summed E-state index contributed by atoms with van der Waals surface area (Å²) in [4.78, 5) is 27.0. The summed E-state index contributed by atoms with van der Waals surface area (Å²) < 4.78 is 23.1. The zero-order chi connectivity index (χ0) is 27.1. The summed E-state index contributed by atoms with van der Waals surface area (Å²) in [5, 5.41) is 14.0. The number of carboxylic acids is 1. The van der Waals surface area contributed by atoms with E-state index in [2.05, 4.69) is 10.00 Å². The van der Waals surface area contributed by atoms with Gasteiger partial charge in [-0.25, -0.2) is 14.0 Å². The Kier molecular flexibility index (Phi) is 8.70. The van der Waals surface area contributed by atoms with E-state index < -0.39 is 17.5 Å². The lowest BCUT2D eigenvalue weighted by molar-refractivity contribution is 0.0691. The van der Waals surface area contributed by atoms with E-state index in [0.717, 1.165) is 28.3 Å². The summed E-state index contributed by atoms with van der Waals surface area (Å²) >= 11 is 0. The molecule has 0 atom stereocenters. The van der Waals surface area contributed by atoms with Crippen LogP contribution >= 0.6 is 0 Å². The Morgan fingerprint density at radius 1 is 1.00 bits per heavy atom. The van der Waals surface area contributed by atoms with Gasteiger partial charge in [0, 0.05) is 26.2 Å². The molecule has 4 aromatic rings. The number of benzene rings is 3. The maximum Gasteiger partial charge on any atom is 0.350 e. The number of hydrogen-bond acceptors (Lipinski definition) is 5. The quantitative estimate of drug-likeness (QED) is 0.271. The maximum atomic E-state index is 15.1. The molecule has 0 aliphatic heterocycles. The number of hydrogen-bond donors (Lipinski definition) is 1. The summed E-state index contributed by atoms with van der Waals surface area (Å²) in [6.45, 7) is 3.82. The topological polar surface area (TPSA) is 89.6 Å². The molecule has 0 spiro atoms. The monoisotopic (exact) mass is 518 g/mol. The summed E-state index contributed by atoms with van der Waals surface area (Å²) in [7, 11) is 1.59. The van der Waals surface area contributed by atoms with E-state index >= 15 is 4.39 Å². The fourth-order valence-electron chi connectivity index (χ4n) is 4.14. The van der Waals surface area contributed by atoms with Crippen molar-refractivity contribution in [3.8, 4) is 11.4 Å². The predicted molar refractivity (Wildman–Crippen MR) is 142 cm³/mol. The third kappa shape index (κ3) is 6.36. The van der Waals surface area contributed by atoms with E-state index in [1.54, 1.807) is 7.05 Å². The molecule has 0 bridgehead atoms. The van der Waals surface area contributed by atoms with Gasteiger partial charge < -0.3 is 9.84 Å². The molecule has 0 radical (unpaired) electrons. The fourth-order valence-corrected chi connectivity index (χ4v) is 4.14. The molecule has 0 aliphatic carbocycles. The minimum absolute atomic E-state index is 0.00349. The summed E-state index contributed by atoms with van der Waals surface area (Å²) in [6, 6.07) is 22.1. The highest BCUT2D eigenvalue weighted by molar-refractivity contribution is 5.91. The molecule has 4 rings (SSSR count). The Balaban J connectivity index is 1.68. The highest BCUT2D eigenvalue weighted by Gasteiger charge is 2.22. The summed E-state index contributed by atoms with van der Waals surface area (Å²) in [6.07, 6.45) is 1.56. The minimum atomic E-state index is -1.31. The number of ether oxygens (including phenoxy) is 1. The van der Waals surface area contributed by atoms with Crippen molar-refractivity contribution in [1.29, 1.82) is 0 Å². The van der Waals surface area contributed by atoms with Crippen LogP contribution in [0.25, 0.3) is 5.69 Å². The van der Waals surface area contributed by atoms with Crippen LogP contribution in [-0.4, -0.2) is 36.9 Å². The normalized spacial score (nSPS) is 11.2. The first kappa shape index (κ1) is 26.8. The summed E-state index contributed by atoms with van der Waals surface area (Å²) in [5.74, 6) is -1.75. The zero-order valence-electron chi connectivity index (χ0n) is 21.5. The second-order valence-corrected chi connectivity index (χ2v) is 9.09. The van der Waals surface area contributed by atoms with Gasteiger partial charge >= 0.3 is 11.7 Å². The zero-order valence-corrected chi connectivity index (χ0v) is 21.5. The fraction of sp³-hybridized carbons (Fsp3) is 0.276. The van der Waals surface area contributed by atoms with Crippen LogP contribution in [0.2, 0.25) is 0 Å². The van der Waals surface area contributed by atoms with Gasteiger partial charge in [0.2, 0.25) is 0 Å². The van der Waals surface area contributed by atoms with Gasteiger partial charge in [-0.1, -0.05) is 74.0 Å². The first-order valence-corrected chi connectivity index (χ1v) is 12.5. The standard InChI is InChI=1S/C29H31FN4O4/c1-3-4-15-38-26-17-25(24(30)16-23(26)28(35)36)34-29(37)32(2)27(31-34)20-33(18-21-11-7-5-8-12-21)19-22-13-9-6-10-14-22/h5-14,16-17H,3-4,15,18-20H2,1-2H3,(H,35,36). The lowest BCUT2D eigenvalue weighted by atomic mass is 10.1. The second kappa shape index (κ2) is 12.3. The molecule has 198 valence electrons. The number of aromatic nitrogens is 3. The van der Waals surface area contributed by atoms with Gasteiger partial charge in [-0.15, -0.1) is 5.10 Å². The average molecular weight is 519 g/mol. The molecule has 9 heteroatoms. The van der Waals surface area contributed by atoms with E-state index in [1.807, 2.05) is 67.6 Å². The first-order chi connectivity index (χ1) is 18.4. The van der Waals surface area contributed by atoms with E-state index in [-0.39, 0.29) is 23.6 Å². The Morgan fingerprint density at radius 3 is 2.16 bits per heavy atom. The molecule has 0 unspecified atom stereocenters. The number of aromatic carboxylic acids is 1. The predicted octanol–water partition coefficient (Wildman–Crippen LogP) is 4.79. The average Bonchev–Trinajstić information content (AvgIpc) is 3.18. The van der Waals surface area contributed by atoms with Gasteiger partial charge in [-0.05, 0) is 23.6 Å². The van der Waals surface area contributed by atoms with Gasteiger partial charge in [0.1, 0.15) is 28.6 Å². The molecule has 3 aromatic carbocycles.